The third kappa shape index (κ3) is 4.32. The molecule has 1 N–H and O–H groups in total. The average molecular weight is 428 g/mol. The van der Waals surface area contributed by atoms with Crippen LogP contribution in [0, 0.1) is 5.92 Å². The van der Waals surface area contributed by atoms with Gasteiger partial charge in [0.15, 0.2) is 0 Å². The molecule has 0 saturated carbocycles. The van der Waals surface area contributed by atoms with Crippen LogP contribution in [0.3, 0.4) is 0 Å². The van der Waals surface area contributed by atoms with Gasteiger partial charge in [-0.25, -0.2) is 0 Å². The standard InChI is InChI=1S/C29H33NO2/c31-29(25-10-3-1-4-11-25,26-12-5-2-6-13-26)27-16-18-30(19-17-27)20-21-32-28-15-14-23-8-7-9-24(23)22-28/h1-6,10-15,22,27,31H,7-9,16-21H2. The molecule has 0 amide bonds. The van der Waals surface area contributed by atoms with Crippen molar-refractivity contribution < 1.29 is 9.84 Å². The minimum absolute atomic E-state index is 0.196. The number of hydrogen-bond donors (Lipinski definition) is 1. The van der Waals surface area contributed by atoms with Crippen LogP contribution in [-0.2, 0) is 18.4 Å². The Morgan fingerprint density at radius 3 is 2.09 bits per heavy atom. The van der Waals surface area contributed by atoms with Gasteiger partial charge in [-0.05, 0) is 85.5 Å². The summed E-state index contributed by atoms with van der Waals surface area (Å²) in [4.78, 5) is 2.47. The molecule has 3 nitrogen and oxygen atoms in total. The van der Waals surface area contributed by atoms with E-state index in [4.69, 9.17) is 4.74 Å². The van der Waals surface area contributed by atoms with Crippen LogP contribution < -0.4 is 4.74 Å². The Bertz CT molecular complexity index is 970. The van der Waals surface area contributed by atoms with Crippen LogP contribution in [0.15, 0.2) is 78.9 Å². The zero-order chi connectivity index (χ0) is 21.8. The fraction of sp³-hybridized carbons (Fsp3) is 0.379. The van der Waals surface area contributed by atoms with E-state index < -0.39 is 5.60 Å². The monoisotopic (exact) mass is 427 g/mol. The Kier molecular flexibility index (Phi) is 6.29. The number of fused-ring (bicyclic) bond motifs is 1. The molecule has 5 rings (SSSR count). The third-order valence-electron chi connectivity index (χ3n) is 7.35. The van der Waals surface area contributed by atoms with E-state index >= 15 is 0 Å². The Morgan fingerprint density at radius 2 is 1.44 bits per heavy atom. The summed E-state index contributed by atoms with van der Waals surface area (Å²) >= 11 is 0. The second-order valence-corrected chi connectivity index (χ2v) is 9.25. The Labute approximate surface area is 191 Å². The summed E-state index contributed by atoms with van der Waals surface area (Å²) in [7, 11) is 0. The number of likely N-dealkylation sites (tertiary alicyclic amines) is 1. The largest absolute Gasteiger partial charge is 0.492 e. The van der Waals surface area contributed by atoms with Gasteiger partial charge in [0, 0.05) is 6.54 Å². The fourth-order valence-electron chi connectivity index (χ4n) is 5.53. The minimum atomic E-state index is -0.949. The van der Waals surface area contributed by atoms with E-state index in [2.05, 4.69) is 47.4 Å². The number of benzene rings is 3. The van der Waals surface area contributed by atoms with Crippen LogP contribution >= 0.6 is 0 Å². The topological polar surface area (TPSA) is 32.7 Å². The lowest BCUT2D eigenvalue weighted by atomic mass is 9.72. The zero-order valence-electron chi connectivity index (χ0n) is 18.7. The van der Waals surface area contributed by atoms with Crippen molar-refractivity contribution >= 4 is 0 Å². The number of aliphatic hydroxyl groups is 1. The van der Waals surface area contributed by atoms with Crippen molar-refractivity contribution in [2.75, 3.05) is 26.2 Å². The van der Waals surface area contributed by atoms with E-state index in [1.807, 2.05) is 36.4 Å². The molecule has 1 aliphatic heterocycles. The molecule has 32 heavy (non-hydrogen) atoms. The van der Waals surface area contributed by atoms with Gasteiger partial charge in [-0.15, -0.1) is 0 Å². The first-order valence-electron chi connectivity index (χ1n) is 12.0. The van der Waals surface area contributed by atoms with Gasteiger partial charge in [0.2, 0.25) is 0 Å². The number of ether oxygens (including phenoxy) is 1. The summed E-state index contributed by atoms with van der Waals surface area (Å²) in [6, 6.07) is 26.9. The van der Waals surface area contributed by atoms with Crippen molar-refractivity contribution in [2.24, 2.45) is 5.92 Å². The quantitative estimate of drug-likeness (QED) is 0.562. The van der Waals surface area contributed by atoms with Gasteiger partial charge >= 0.3 is 0 Å². The maximum absolute atomic E-state index is 12.0. The van der Waals surface area contributed by atoms with Gasteiger partial charge in [-0.2, -0.15) is 0 Å². The summed E-state index contributed by atoms with van der Waals surface area (Å²) < 4.78 is 6.08. The van der Waals surface area contributed by atoms with Crippen molar-refractivity contribution in [3.05, 3.63) is 101 Å². The van der Waals surface area contributed by atoms with Gasteiger partial charge in [0.25, 0.3) is 0 Å². The highest BCUT2D eigenvalue weighted by molar-refractivity contribution is 5.39. The molecule has 1 aliphatic carbocycles. The van der Waals surface area contributed by atoms with E-state index in [0.29, 0.717) is 6.61 Å². The SMILES string of the molecule is OC(c1ccccc1)(c1ccccc1)C1CCN(CCOc2ccc3c(c2)CCC3)CC1. The number of nitrogens with zero attached hydrogens (tertiary/aromatic N) is 1. The summed E-state index contributed by atoms with van der Waals surface area (Å²) in [5.74, 6) is 1.20. The van der Waals surface area contributed by atoms with E-state index in [1.165, 1.54) is 30.4 Å². The Balaban J connectivity index is 1.20. The summed E-state index contributed by atoms with van der Waals surface area (Å²) in [5.41, 5.74) is 3.98. The molecule has 166 valence electrons. The number of hydrogen-bond acceptors (Lipinski definition) is 3. The summed E-state index contributed by atoms with van der Waals surface area (Å²) in [6.07, 6.45) is 5.61. The van der Waals surface area contributed by atoms with Crippen LogP contribution in [-0.4, -0.2) is 36.2 Å². The minimum Gasteiger partial charge on any atom is -0.492 e. The normalized spacial score (nSPS) is 17.3. The van der Waals surface area contributed by atoms with Crippen LogP contribution in [0.4, 0.5) is 0 Å². The fourth-order valence-corrected chi connectivity index (χ4v) is 5.53. The molecule has 3 heteroatoms. The molecule has 0 bridgehead atoms. The van der Waals surface area contributed by atoms with E-state index in [0.717, 1.165) is 49.4 Å². The number of rotatable bonds is 7. The van der Waals surface area contributed by atoms with Crippen LogP contribution in [0.1, 0.15) is 41.5 Å². The van der Waals surface area contributed by atoms with E-state index in [-0.39, 0.29) is 5.92 Å². The van der Waals surface area contributed by atoms with E-state index in [9.17, 15) is 5.11 Å². The predicted octanol–water partition coefficient (Wildman–Crippen LogP) is 5.20. The average Bonchev–Trinajstić information content (AvgIpc) is 3.33. The van der Waals surface area contributed by atoms with Crippen LogP contribution in [0.25, 0.3) is 0 Å². The molecular weight excluding hydrogens is 394 g/mol. The second kappa shape index (κ2) is 9.48. The molecule has 2 aliphatic rings. The van der Waals surface area contributed by atoms with Gasteiger partial charge in [0.1, 0.15) is 18.0 Å². The molecule has 3 aromatic carbocycles. The van der Waals surface area contributed by atoms with Crippen molar-refractivity contribution in [2.45, 2.75) is 37.7 Å². The number of aryl methyl sites for hydroxylation is 2. The Hall–Kier alpha value is -2.62. The highest BCUT2D eigenvalue weighted by Crippen LogP contribution is 2.41. The molecule has 3 aromatic rings. The van der Waals surface area contributed by atoms with Gasteiger partial charge in [0.05, 0.1) is 0 Å². The molecule has 0 aromatic heterocycles. The van der Waals surface area contributed by atoms with Crippen LogP contribution in [0.5, 0.6) is 5.75 Å². The first kappa shape index (κ1) is 21.2. The molecule has 0 atom stereocenters. The zero-order valence-corrected chi connectivity index (χ0v) is 18.7. The summed E-state index contributed by atoms with van der Waals surface area (Å²) in [5, 5.41) is 12.0. The summed E-state index contributed by atoms with van der Waals surface area (Å²) in [6.45, 7) is 3.62. The second-order valence-electron chi connectivity index (χ2n) is 9.25. The molecule has 0 spiro atoms. The van der Waals surface area contributed by atoms with Crippen molar-refractivity contribution in [3.8, 4) is 5.75 Å². The first-order valence-corrected chi connectivity index (χ1v) is 12.0. The number of piperidine rings is 1. The molecule has 1 heterocycles. The predicted molar refractivity (Wildman–Crippen MR) is 129 cm³/mol. The third-order valence-corrected chi connectivity index (χ3v) is 7.35. The maximum atomic E-state index is 12.0. The van der Waals surface area contributed by atoms with Crippen molar-refractivity contribution in [3.63, 3.8) is 0 Å². The van der Waals surface area contributed by atoms with Gasteiger partial charge < -0.3 is 9.84 Å². The van der Waals surface area contributed by atoms with E-state index in [1.54, 1.807) is 0 Å². The lowest BCUT2D eigenvalue weighted by Gasteiger charge is -2.42. The lowest BCUT2D eigenvalue weighted by molar-refractivity contribution is -0.0153. The van der Waals surface area contributed by atoms with Crippen LogP contribution in [0.2, 0.25) is 0 Å². The smallest absolute Gasteiger partial charge is 0.119 e. The highest BCUT2D eigenvalue weighted by atomic mass is 16.5. The van der Waals surface area contributed by atoms with Crippen molar-refractivity contribution in [1.29, 1.82) is 0 Å². The molecule has 0 radical (unpaired) electrons. The molecular formula is C29H33NO2. The van der Waals surface area contributed by atoms with Gasteiger partial charge in [-0.3, -0.25) is 4.90 Å². The molecule has 0 unspecified atom stereocenters. The molecule has 1 fully saturated rings. The lowest BCUT2D eigenvalue weighted by Crippen LogP contribution is -2.45. The first-order chi connectivity index (χ1) is 15.7. The Morgan fingerprint density at radius 1 is 0.812 bits per heavy atom. The highest BCUT2D eigenvalue weighted by Gasteiger charge is 2.41. The van der Waals surface area contributed by atoms with Crippen molar-refractivity contribution in [1.82, 2.24) is 4.90 Å². The van der Waals surface area contributed by atoms with Gasteiger partial charge in [-0.1, -0.05) is 66.7 Å². The molecule has 1 saturated heterocycles. The maximum Gasteiger partial charge on any atom is 0.119 e.